The third kappa shape index (κ3) is 2.92. The van der Waals surface area contributed by atoms with Gasteiger partial charge < -0.3 is 5.32 Å². The third-order valence-electron chi connectivity index (χ3n) is 5.15. The van der Waals surface area contributed by atoms with E-state index in [4.69, 9.17) is 0 Å². The van der Waals surface area contributed by atoms with Gasteiger partial charge in [-0.1, -0.05) is 18.2 Å². The molecule has 0 fully saturated rings. The first-order valence-corrected chi connectivity index (χ1v) is 8.96. The highest BCUT2D eigenvalue weighted by atomic mass is 16.2. The van der Waals surface area contributed by atoms with E-state index < -0.39 is 0 Å². The van der Waals surface area contributed by atoms with Crippen LogP contribution < -0.4 is 5.32 Å². The normalized spacial score (nSPS) is 16.3. The van der Waals surface area contributed by atoms with Gasteiger partial charge in [0, 0.05) is 31.1 Å². The number of aromatic nitrogens is 4. The molecule has 0 spiro atoms. The maximum atomic E-state index is 12.9. The molecule has 1 aliphatic carbocycles. The number of hydrogen-bond donors (Lipinski definition) is 1. The van der Waals surface area contributed by atoms with Crippen molar-refractivity contribution in [2.75, 3.05) is 5.32 Å². The van der Waals surface area contributed by atoms with E-state index in [0.717, 1.165) is 42.0 Å². The van der Waals surface area contributed by atoms with Gasteiger partial charge in [-0.2, -0.15) is 10.2 Å². The number of anilines is 1. The zero-order valence-electron chi connectivity index (χ0n) is 15.4. The van der Waals surface area contributed by atoms with Crippen LogP contribution in [0.25, 0.3) is 5.69 Å². The lowest BCUT2D eigenvalue weighted by atomic mass is 9.87. The van der Waals surface area contributed by atoms with Gasteiger partial charge in [-0.05, 0) is 43.9 Å². The van der Waals surface area contributed by atoms with E-state index in [0.29, 0.717) is 0 Å². The number of rotatable bonds is 3. The summed E-state index contributed by atoms with van der Waals surface area (Å²) in [6.07, 6.45) is 4.40. The smallest absolute Gasteiger partial charge is 0.229 e. The van der Waals surface area contributed by atoms with Gasteiger partial charge in [0.2, 0.25) is 5.91 Å². The first-order chi connectivity index (χ1) is 12.5. The largest absolute Gasteiger partial charge is 0.310 e. The fraction of sp³-hybridized carbons (Fsp3) is 0.350. The summed E-state index contributed by atoms with van der Waals surface area (Å²) < 4.78 is 3.71. The molecule has 1 N–H and O–H groups in total. The molecule has 1 aromatic carbocycles. The molecule has 4 rings (SSSR count). The van der Waals surface area contributed by atoms with Crippen LogP contribution in [0.3, 0.4) is 0 Å². The number of amides is 1. The second kappa shape index (κ2) is 6.44. The zero-order valence-corrected chi connectivity index (χ0v) is 15.4. The van der Waals surface area contributed by atoms with Crippen molar-refractivity contribution in [3.8, 4) is 5.69 Å². The molecule has 134 valence electrons. The summed E-state index contributed by atoms with van der Waals surface area (Å²) in [6, 6.07) is 9.96. The Morgan fingerprint density at radius 3 is 2.88 bits per heavy atom. The predicted octanol–water partition coefficient (Wildman–Crippen LogP) is 2.97. The Morgan fingerprint density at radius 1 is 1.27 bits per heavy atom. The van der Waals surface area contributed by atoms with Crippen LogP contribution in [-0.4, -0.2) is 25.5 Å². The van der Waals surface area contributed by atoms with E-state index >= 15 is 0 Å². The van der Waals surface area contributed by atoms with Crippen LogP contribution in [0.1, 0.15) is 28.9 Å². The molecule has 0 radical (unpaired) electrons. The fourth-order valence-electron chi connectivity index (χ4n) is 3.67. The number of nitrogens with one attached hydrogen (secondary N) is 1. The van der Waals surface area contributed by atoms with Gasteiger partial charge in [0.15, 0.2) is 0 Å². The highest BCUT2D eigenvalue weighted by molar-refractivity contribution is 5.92. The van der Waals surface area contributed by atoms with Crippen LogP contribution in [0.15, 0.2) is 36.5 Å². The van der Waals surface area contributed by atoms with Crippen LogP contribution in [-0.2, 0) is 24.7 Å². The average Bonchev–Trinajstić information content (AvgIpc) is 3.18. The van der Waals surface area contributed by atoms with Crippen LogP contribution in [0.4, 0.5) is 5.82 Å². The van der Waals surface area contributed by atoms with Crippen molar-refractivity contribution in [1.82, 2.24) is 19.6 Å². The molecule has 0 saturated carbocycles. The maximum Gasteiger partial charge on any atom is 0.229 e. The molecular weight excluding hydrogens is 326 g/mol. The Labute approximate surface area is 152 Å². The first-order valence-electron chi connectivity index (χ1n) is 8.96. The van der Waals surface area contributed by atoms with E-state index in [9.17, 15) is 4.79 Å². The Morgan fingerprint density at radius 2 is 2.08 bits per heavy atom. The van der Waals surface area contributed by atoms with Crippen molar-refractivity contribution in [1.29, 1.82) is 0 Å². The highest BCUT2D eigenvalue weighted by Gasteiger charge is 2.27. The SMILES string of the molecule is Cc1cc(NC(=O)C2CCc3cnn(C)c3C2)n(-c2ccccc2C)n1. The van der Waals surface area contributed by atoms with Crippen LogP contribution >= 0.6 is 0 Å². The summed E-state index contributed by atoms with van der Waals surface area (Å²) in [4.78, 5) is 12.9. The van der Waals surface area contributed by atoms with Gasteiger partial charge in [0.05, 0.1) is 17.6 Å². The number of benzene rings is 1. The van der Waals surface area contributed by atoms with Crippen molar-refractivity contribution < 1.29 is 4.79 Å². The minimum atomic E-state index is -0.0431. The lowest BCUT2D eigenvalue weighted by Crippen LogP contribution is -2.29. The molecule has 6 heteroatoms. The van der Waals surface area contributed by atoms with Gasteiger partial charge in [0.25, 0.3) is 0 Å². The number of carbonyl (C=O) groups is 1. The highest BCUT2D eigenvalue weighted by Crippen LogP contribution is 2.27. The van der Waals surface area contributed by atoms with Crippen molar-refractivity contribution in [3.05, 3.63) is 59.0 Å². The van der Waals surface area contributed by atoms with Crippen LogP contribution in [0.2, 0.25) is 0 Å². The Balaban J connectivity index is 1.58. The van der Waals surface area contributed by atoms with Gasteiger partial charge in [-0.25, -0.2) is 4.68 Å². The molecule has 2 heterocycles. The standard InChI is InChI=1S/C20H23N5O/c1-13-6-4-5-7-17(13)25-19(10-14(2)23-25)22-20(26)15-8-9-16-12-21-24(3)18(16)11-15/h4-7,10,12,15H,8-9,11H2,1-3H3,(H,22,26). The van der Waals surface area contributed by atoms with E-state index in [1.165, 1.54) is 11.3 Å². The summed E-state index contributed by atoms with van der Waals surface area (Å²) in [7, 11) is 1.94. The van der Waals surface area contributed by atoms with Crippen molar-refractivity contribution in [2.45, 2.75) is 33.1 Å². The molecule has 1 aliphatic rings. The number of para-hydroxylation sites is 1. The zero-order chi connectivity index (χ0) is 18.3. The second-order valence-corrected chi connectivity index (χ2v) is 7.04. The molecule has 6 nitrogen and oxygen atoms in total. The summed E-state index contributed by atoms with van der Waals surface area (Å²) in [5.41, 5.74) is 5.40. The Bertz CT molecular complexity index is 968. The van der Waals surface area contributed by atoms with E-state index in [-0.39, 0.29) is 11.8 Å². The molecule has 3 aromatic rings. The predicted molar refractivity (Wildman–Crippen MR) is 100 cm³/mol. The van der Waals surface area contributed by atoms with Crippen molar-refractivity contribution >= 4 is 11.7 Å². The molecule has 1 atom stereocenters. The minimum Gasteiger partial charge on any atom is -0.310 e. The first kappa shape index (κ1) is 16.6. The molecule has 1 unspecified atom stereocenters. The molecule has 26 heavy (non-hydrogen) atoms. The quantitative estimate of drug-likeness (QED) is 0.791. The second-order valence-electron chi connectivity index (χ2n) is 7.04. The lowest BCUT2D eigenvalue weighted by Gasteiger charge is -2.22. The van der Waals surface area contributed by atoms with Gasteiger partial charge in [-0.15, -0.1) is 0 Å². The summed E-state index contributed by atoms with van der Waals surface area (Å²) in [5, 5.41) is 12.0. The lowest BCUT2D eigenvalue weighted by molar-refractivity contribution is -0.120. The Hall–Kier alpha value is -2.89. The van der Waals surface area contributed by atoms with Crippen molar-refractivity contribution in [2.24, 2.45) is 13.0 Å². The maximum absolute atomic E-state index is 12.9. The molecule has 1 amide bonds. The number of fused-ring (bicyclic) bond motifs is 1. The van der Waals surface area contributed by atoms with Gasteiger partial charge in [0.1, 0.15) is 5.82 Å². The molecule has 0 aliphatic heterocycles. The van der Waals surface area contributed by atoms with Crippen molar-refractivity contribution in [3.63, 3.8) is 0 Å². The molecular formula is C20H23N5O. The van der Waals surface area contributed by atoms with E-state index in [1.807, 2.05) is 66.8 Å². The minimum absolute atomic E-state index is 0.0431. The summed E-state index contributed by atoms with van der Waals surface area (Å²) >= 11 is 0. The van der Waals surface area contributed by atoms with Crippen LogP contribution in [0, 0.1) is 19.8 Å². The number of nitrogens with zero attached hydrogens (tertiary/aromatic N) is 4. The average molecular weight is 349 g/mol. The summed E-state index contributed by atoms with van der Waals surface area (Å²) in [6.45, 7) is 3.98. The number of carbonyl (C=O) groups excluding carboxylic acids is 1. The number of hydrogen-bond acceptors (Lipinski definition) is 3. The van der Waals surface area contributed by atoms with Crippen LogP contribution in [0.5, 0.6) is 0 Å². The monoisotopic (exact) mass is 349 g/mol. The molecule has 0 saturated heterocycles. The number of aryl methyl sites for hydroxylation is 4. The van der Waals surface area contributed by atoms with Gasteiger partial charge in [-0.3, -0.25) is 9.48 Å². The third-order valence-corrected chi connectivity index (χ3v) is 5.15. The molecule has 0 bridgehead atoms. The van der Waals surface area contributed by atoms with E-state index in [2.05, 4.69) is 15.5 Å². The topological polar surface area (TPSA) is 64.7 Å². The fourth-order valence-corrected chi connectivity index (χ4v) is 3.67. The Kier molecular flexibility index (Phi) is 4.11. The molecule has 2 aromatic heterocycles. The van der Waals surface area contributed by atoms with Gasteiger partial charge >= 0.3 is 0 Å². The van der Waals surface area contributed by atoms with E-state index in [1.54, 1.807) is 0 Å². The summed E-state index contributed by atoms with van der Waals surface area (Å²) in [5.74, 6) is 0.725.